The third-order valence-electron chi connectivity index (χ3n) is 3.16. The number of aromatic nitrogens is 1. The van der Waals surface area contributed by atoms with Gasteiger partial charge in [-0.2, -0.15) is 0 Å². The second kappa shape index (κ2) is 6.21. The van der Waals surface area contributed by atoms with Gasteiger partial charge >= 0.3 is 0 Å². The van der Waals surface area contributed by atoms with E-state index in [2.05, 4.69) is 10.3 Å². The van der Waals surface area contributed by atoms with Gasteiger partial charge in [0.2, 0.25) is 5.91 Å². The fraction of sp³-hybridized carbons (Fsp3) is 0.133. The van der Waals surface area contributed by atoms with Crippen molar-refractivity contribution in [1.29, 1.82) is 0 Å². The predicted octanol–water partition coefficient (Wildman–Crippen LogP) is 2.24. The van der Waals surface area contributed by atoms with Gasteiger partial charge in [0, 0.05) is 11.9 Å². The lowest BCUT2D eigenvalue weighted by Crippen LogP contribution is -2.43. The topological polar surface area (TPSA) is 71.5 Å². The first-order valence-electron chi connectivity index (χ1n) is 6.67. The first-order chi connectivity index (χ1) is 11.0. The summed E-state index contributed by atoms with van der Waals surface area (Å²) in [6, 6.07) is 7.16. The van der Waals surface area contributed by atoms with E-state index in [-0.39, 0.29) is 29.9 Å². The van der Waals surface area contributed by atoms with Gasteiger partial charge in [0.25, 0.3) is 5.91 Å². The van der Waals surface area contributed by atoms with Crippen molar-refractivity contribution >= 4 is 34.9 Å². The number of carbonyl (C=O) groups excluding carboxylic acids is 2. The normalized spacial score (nSPS) is 13.3. The third kappa shape index (κ3) is 3.24. The lowest BCUT2D eigenvalue weighted by molar-refractivity contribution is -0.123. The third-order valence-corrected chi connectivity index (χ3v) is 3.45. The molecule has 0 saturated heterocycles. The van der Waals surface area contributed by atoms with Crippen molar-refractivity contribution < 1.29 is 18.7 Å². The number of nitrogens with one attached hydrogen (secondary N) is 1. The summed E-state index contributed by atoms with van der Waals surface area (Å²) >= 11 is 5.66. The van der Waals surface area contributed by atoms with Crippen LogP contribution >= 0.6 is 11.6 Å². The largest absolute Gasteiger partial charge is 0.480 e. The molecule has 3 rings (SSSR count). The van der Waals surface area contributed by atoms with Crippen molar-refractivity contribution in [3.8, 4) is 5.75 Å². The standard InChI is InChI=1S/C15H11ClFN3O3/c16-10-6-9(3-4-11(10)17)19-13(21)7-20-14(22)8-23-12-2-1-5-18-15(12)20/h1-6H,7-8H2,(H,19,21). The maximum absolute atomic E-state index is 13.1. The highest BCUT2D eigenvalue weighted by molar-refractivity contribution is 6.31. The molecule has 0 radical (unpaired) electrons. The molecule has 0 atom stereocenters. The van der Waals surface area contributed by atoms with Crippen LogP contribution in [-0.4, -0.2) is 29.9 Å². The fourth-order valence-electron chi connectivity index (χ4n) is 2.11. The molecule has 1 aliphatic heterocycles. The Balaban J connectivity index is 1.75. The summed E-state index contributed by atoms with van der Waals surface area (Å²) in [6.45, 7) is -0.393. The van der Waals surface area contributed by atoms with Crippen LogP contribution in [0, 0.1) is 5.82 Å². The summed E-state index contributed by atoms with van der Waals surface area (Å²) in [7, 11) is 0. The molecule has 0 spiro atoms. The van der Waals surface area contributed by atoms with Gasteiger partial charge < -0.3 is 10.1 Å². The highest BCUT2D eigenvalue weighted by Gasteiger charge is 2.28. The zero-order valence-electron chi connectivity index (χ0n) is 11.8. The van der Waals surface area contributed by atoms with E-state index in [0.29, 0.717) is 11.4 Å². The van der Waals surface area contributed by atoms with Crippen LogP contribution in [0.2, 0.25) is 5.02 Å². The Labute approximate surface area is 135 Å². The smallest absolute Gasteiger partial charge is 0.266 e. The van der Waals surface area contributed by atoms with Crippen molar-refractivity contribution in [2.24, 2.45) is 0 Å². The SMILES string of the molecule is O=C(CN1C(=O)COc2cccnc21)Nc1ccc(F)c(Cl)c1. The number of ether oxygens (including phenoxy) is 1. The van der Waals surface area contributed by atoms with Gasteiger partial charge in [-0.05, 0) is 30.3 Å². The van der Waals surface area contributed by atoms with Crippen LogP contribution in [0.3, 0.4) is 0 Å². The van der Waals surface area contributed by atoms with Crippen molar-refractivity contribution in [3.63, 3.8) is 0 Å². The number of benzene rings is 1. The van der Waals surface area contributed by atoms with E-state index < -0.39 is 11.7 Å². The van der Waals surface area contributed by atoms with E-state index in [0.717, 1.165) is 6.07 Å². The van der Waals surface area contributed by atoms with Gasteiger partial charge in [-0.25, -0.2) is 9.37 Å². The van der Waals surface area contributed by atoms with E-state index >= 15 is 0 Å². The summed E-state index contributed by atoms with van der Waals surface area (Å²) in [5.41, 5.74) is 0.336. The Kier molecular flexibility index (Phi) is 4.12. The summed E-state index contributed by atoms with van der Waals surface area (Å²) < 4.78 is 18.4. The van der Waals surface area contributed by atoms with Gasteiger partial charge in [0.1, 0.15) is 12.4 Å². The van der Waals surface area contributed by atoms with Crippen LogP contribution in [0.4, 0.5) is 15.9 Å². The molecule has 0 fully saturated rings. The number of hydrogen-bond acceptors (Lipinski definition) is 4. The summed E-state index contributed by atoms with van der Waals surface area (Å²) in [5.74, 6) is -0.685. The number of halogens is 2. The van der Waals surface area contributed by atoms with Crippen LogP contribution in [-0.2, 0) is 9.59 Å². The molecule has 6 nitrogen and oxygen atoms in total. The number of hydrogen-bond donors (Lipinski definition) is 1. The molecule has 8 heteroatoms. The molecule has 1 aromatic heterocycles. The number of amides is 2. The monoisotopic (exact) mass is 335 g/mol. The minimum Gasteiger partial charge on any atom is -0.480 e. The van der Waals surface area contributed by atoms with Gasteiger partial charge in [-0.1, -0.05) is 11.6 Å². The number of nitrogens with zero attached hydrogens (tertiary/aromatic N) is 2. The van der Waals surface area contributed by atoms with Crippen molar-refractivity contribution in [2.45, 2.75) is 0 Å². The van der Waals surface area contributed by atoms with Crippen molar-refractivity contribution in [3.05, 3.63) is 47.4 Å². The molecule has 1 N–H and O–H groups in total. The maximum Gasteiger partial charge on any atom is 0.266 e. The van der Waals surface area contributed by atoms with E-state index in [1.165, 1.54) is 23.2 Å². The van der Waals surface area contributed by atoms with E-state index in [4.69, 9.17) is 16.3 Å². The number of anilines is 2. The number of pyridine rings is 1. The van der Waals surface area contributed by atoms with Gasteiger partial charge in [-0.15, -0.1) is 0 Å². The lowest BCUT2D eigenvalue weighted by atomic mass is 10.3. The second-order valence-electron chi connectivity index (χ2n) is 4.77. The number of carbonyl (C=O) groups is 2. The zero-order chi connectivity index (χ0) is 16.4. The number of rotatable bonds is 3. The Morgan fingerprint density at radius 1 is 1.43 bits per heavy atom. The molecule has 0 bridgehead atoms. The van der Waals surface area contributed by atoms with Gasteiger partial charge in [0.15, 0.2) is 18.2 Å². The minimum absolute atomic E-state index is 0.0998. The number of fused-ring (bicyclic) bond motifs is 1. The highest BCUT2D eigenvalue weighted by Crippen LogP contribution is 2.28. The molecule has 0 saturated carbocycles. The Bertz CT molecular complexity index is 784. The molecule has 1 aliphatic rings. The summed E-state index contributed by atoms with van der Waals surface area (Å²) in [4.78, 5) is 29.4. The van der Waals surface area contributed by atoms with E-state index in [1.54, 1.807) is 12.1 Å². The average molecular weight is 336 g/mol. The van der Waals surface area contributed by atoms with Crippen LogP contribution in [0.25, 0.3) is 0 Å². The first kappa shape index (κ1) is 15.2. The molecular weight excluding hydrogens is 325 g/mol. The first-order valence-corrected chi connectivity index (χ1v) is 7.05. The van der Waals surface area contributed by atoms with Crippen molar-refractivity contribution in [2.75, 3.05) is 23.4 Å². The quantitative estimate of drug-likeness (QED) is 0.933. The molecule has 1 aromatic carbocycles. The predicted molar refractivity (Wildman–Crippen MR) is 82.1 cm³/mol. The molecule has 2 amide bonds. The molecule has 0 aliphatic carbocycles. The Hall–Kier alpha value is -2.67. The highest BCUT2D eigenvalue weighted by atomic mass is 35.5. The van der Waals surface area contributed by atoms with Crippen LogP contribution in [0.15, 0.2) is 36.5 Å². The lowest BCUT2D eigenvalue weighted by Gasteiger charge is -2.27. The summed E-state index contributed by atoms with van der Waals surface area (Å²) in [5, 5.41) is 2.46. The van der Waals surface area contributed by atoms with Gasteiger partial charge in [-0.3, -0.25) is 14.5 Å². The van der Waals surface area contributed by atoms with Crippen molar-refractivity contribution in [1.82, 2.24) is 4.98 Å². The van der Waals surface area contributed by atoms with E-state index in [9.17, 15) is 14.0 Å². The molecular formula is C15H11ClFN3O3. The van der Waals surface area contributed by atoms with Gasteiger partial charge in [0.05, 0.1) is 5.02 Å². The maximum atomic E-state index is 13.1. The molecule has 23 heavy (non-hydrogen) atoms. The second-order valence-corrected chi connectivity index (χ2v) is 5.18. The fourth-order valence-corrected chi connectivity index (χ4v) is 2.29. The molecule has 118 valence electrons. The zero-order valence-corrected chi connectivity index (χ0v) is 12.5. The minimum atomic E-state index is -0.578. The average Bonchev–Trinajstić information content (AvgIpc) is 2.54. The van der Waals surface area contributed by atoms with Crippen LogP contribution in [0.5, 0.6) is 5.75 Å². The molecule has 2 aromatic rings. The van der Waals surface area contributed by atoms with Crippen LogP contribution in [0.1, 0.15) is 0 Å². The van der Waals surface area contributed by atoms with E-state index in [1.807, 2.05) is 0 Å². The Morgan fingerprint density at radius 2 is 2.26 bits per heavy atom. The Morgan fingerprint density at radius 3 is 3.04 bits per heavy atom. The molecule has 2 heterocycles. The molecule has 0 unspecified atom stereocenters. The summed E-state index contributed by atoms with van der Waals surface area (Å²) in [6.07, 6.45) is 1.51. The van der Waals surface area contributed by atoms with Crippen LogP contribution < -0.4 is 15.0 Å².